The number of phenols is 1. The fraction of sp³-hybridized carbons (Fsp3) is 0.533. The first-order valence-electron chi connectivity index (χ1n) is 7.42. The maximum absolute atomic E-state index is 12.4. The molecule has 8 heteroatoms. The number of amides is 1. The van der Waals surface area contributed by atoms with E-state index in [1.54, 1.807) is 13.0 Å². The number of aromatic hydroxyl groups is 1. The van der Waals surface area contributed by atoms with E-state index in [2.05, 4.69) is 5.32 Å². The zero-order valence-corrected chi connectivity index (χ0v) is 12.3. The van der Waals surface area contributed by atoms with Crippen LogP contribution in [0.4, 0.5) is 0 Å². The molecule has 2 aliphatic heterocycles. The number of carbonyl (C=O) groups is 1. The quantitative estimate of drug-likeness (QED) is 0.416. The predicted molar refractivity (Wildman–Crippen MR) is 75.4 cm³/mol. The lowest BCUT2D eigenvalue weighted by molar-refractivity contribution is -0.127. The lowest BCUT2D eigenvalue weighted by Gasteiger charge is -2.48. The van der Waals surface area contributed by atoms with E-state index >= 15 is 0 Å². The third-order valence-electron chi connectivity index (χ3n) is 5.11. The average Bonchev–Trinajstić information content (AvgIpc) is 2.99. The van der Waals surface area contributed by atoms with Crippen LogP contribution in [-0.4, -0.2) is 57.5 Å². The molecule has 1 aromatic carbocycles. The largest absolute Gasteiger partial charge is 0.504 e. The van der Waals surface area contributed by atoms with E-state index in [9.17, 15) is 25.2 Å². The summed E-state index contributed by atoms with van der Waals surface area (Å²) in [6.07, 6.45) is -3.81. The average molecular weight is 323 g/mol. The number of aliphatic hydroxyl groups excluding tert-OH is 3. The van der Waals surface area contributed by atoms with Crippen molar-refractivity contribution in [3.63, 3.8) is 0 Å². The predicted octanol–water partition coefficient (Wildman–Crippen LogP) is -0.951. The van der Waals surface area contributed by atoms with Crippen molar-refractivity contribution in [2.45, 2.75) is 37.2 Å². The molecular formula is C15H17NO7. The molecular weight excluding hydrogens is 306 g/mol. The normalized spacial score (nSPS) is 37.8. The lowest BCUT2D eigenvalue weighted by atomic mass is 9.66. The third kappa shape index (κ3) is 1.79. The van der Waals surface area contributed by atoms with Crippen LogP contribution in [0.3, 0.4) is 0 Å². The van der Waals surface area contributed by atoms with Crippen LogP contribution < -0.4 is 14.8 Å². The van der Waals surface area contributed by atoms with E-state index in [0.717, 1.165) is 0 Å². The number of rotatable bonds is 0. The Bertz CT molecular complexity index is 691. The molecule has 3 unspecified atom stereocenters. The summed E-state index contributed by atoms with van der Waals surface area (Å²) in [6.45, 7) is 1.67. The van der Waals surface area contributed by atoms with E-state index < -0.39 is 42.1 Å². The number of hydrogen-bond acceptors (Lipinski definition) is 7. The fourth-order valence-electron chi connectivity index (χ4n) is 3.90. The maximum atomic E-state index is 12.4. The van der Waals surface area contributed by atoms with Crippen LogP contribution in [0.5, 0.6) is 17.2 Å². The van der Waals surface area contributed by atoms with Gasteiger partial charge in [0.05, 0.1) is 17.7 Å². The van der Waals surface area contributed by atoms with Crippen LogP contribution in [0.1, 0.15) is 28.8 Å². The van der Waals surface area contributed by atoms with Gasteiger partial charge in [-0.3, -0.25) is 4.79 Å². The van der Waals surface area contributed by atoms with Crippen molar-refractivity contribution in [2.24, 2.45) is 5.92 Å². The summed E-state index contributed by atoms with van der Waals surface area (Å²) in [5.41, 5.74) is 0.524. The number of carbonyl (C=O) groups excluding carboxylic acids is 1. The maximum Gasteiger partial charge on any atom is 0.255 e. The molecule has 6 atom stereocenters. The third-order valence-corrected chi connectivity index (χ3v) is 5.11. The van der Waals surface area contributed by atoms with E-state index in [1.807, 2.05) is 0 Å². The van der Waals surface area contributed by atoms with Crippen LogP contribution in [-0.2, 0) is 0 Å². The number of nitrogens with one attached hydrogen (secondary N) is 1. The number of benzene rings is 1. The first-order valence-corrected chi connectivity index (χ1v) is 7.42. The Labute approximate surface area is 131 Å². The summed E-state index contributed by atoms with van der Waals surface area (Å²) in [5, 5.41) is 43.3. The van der Waals surface area contributed by atoms with E-state index in [0.29, 0.717) is 11.3 Å². The Morgan fingerprint density at radius 2 is 1.91 bits per heavy atom. The van der Waals surface area contributed by atoms with Gasteiger partial charge in [-0.15, -0.1) is 0 Å². The molecule has 0 bridgehead atoms. The number of fused-ring (bicyclic) bond motifs is 4. The number of aliphatic hydroxyl groups is 3. The van der Waals surface area contributed by atoms with Gasteiger partial charge in [-0.1, -0.05) is 6.92 Å². The van der Waals surface area contributed by atoms with Gasteiger partial charge in [0.15, 0.2) is 11.5 Å². The first kappa shape index (κ1) is 14.6. The molecule has 124 valence electrons. The minimum Gasteiger partial charge on any atom is -0.504 e. The van der Waals surface area contributed by atoms with Crippen molar-refractivity contribution in [3.8, 4) is 17.2 Å². The van der Waals surface area contributed by atoms with Gasteiger partial charge < -0.3 is 35.2 Å². The minimum atomic E-state index is -1.35. The SMILES string of the molecule is C[C@@H]1C2c3cc4c(c(O)c3C(=O)NC2[C@H](O)[C@H](O)C1O)OCO4. The van der Waals surface area contributed by atoms with Gasteiger partial charge in [-0.25, -0.2) is 0 Å². The van der Waals surface area contributed by atoms with Crippen molar-refractivity contribution >= 4 is 5.91 Å². The van der Waals surface area contributed by atoms with Gasteiger partial charge in [-0.05, 0) is 17.5 Å². The molecule has 0 radical (unpaired) electrons. The molecule has 1 fully saturated rings. The van der Waals surface area contributed by atoms with Crippen molar-refractivity contribution in [2.75, 3.05) is 6.79 Å². The lowest BCUT2D eigenvalue weighted by Crippen LogP contribution is -2.64. The van der Waals surface area contributed by atoms with Crippen molar-refractivity contribution in [1.82, 2.24) is 5.32 Å². The molecule has 1 amide bonds. The summed E-state index contributed by atoms with van der Waals surface area (Å²) in [5.74, 6) is -1.37. The smallest absolute Gasteiger partial charge is 0.255 e. The second kappa shape index (κ2) is 4.73. The molecule has 2 heterocycles. The van der Waals surface area contributed by atoms with Crippen LogP contribution in [0, 0.1) is 5.92 Å². The van der Waals surface area contributed by atoms with Crippen LogP contribution in [0.15, 0.2) is 6.07 Å². The van der Waals surface area contributed by atoms with E-state index in [-0.39, 0.29) is 23.9 Å². The summed E-state index contributed by atoms with van der Waals surface area (Å²) < 4.78 is 10.5. The minimum absolute atomic E-state index is 0.0538. The first-order chi connectivity index (χ1) is 10.9. The molecule has 1 aromatic rings. The molecule has 23 heavy (non-hydrogen) atoms. The molecule has 4 rings (SSSR count). The van der Waals surface area contributed by atoms with Gasteiger partial charge in [0.2, 0.25) is 12.5 Å². The monoisotopic (exact) mass is 323 g/mol. The zero-order chi connectivity index (χ0) is 16.5. The van der Waals surface area contributed by atoms with Crippen LogP contribution >= 0.6 is 0 Å². The van der Waals surface area contributed by atoms with Crippen molar-refractivity contribution in [1.29, 1.82) is 0 Å². The zero-order valence-electron chi connectivity index (χ0n) is 12.3. The highest BCUT2D eigenvalue weighted by Gasteiger charge is 2.52. The highest BCUT2D eigenvalue weighted by atomic mass is 16.7. The number of phenolic OH excluding ortho intramolecular Hbond substituents is 1. The number of ether oxygens (including phenoxy) is 2. The Kier molecular flexibility index (Phi) is 2.99. The Morgan fingerprint density at radius 3 is 2.65 bits per heavy atom. The Balaban J connectivity index is 1.91. The highest BCUT2D eigenvalue weighted by molar-refractivity contribution is 6.01. The van der Waals surface area contributed by atoms with Gasteiger partial charge in [0, 0.05) is 5.92 Å². The molecule has 1 saturated carbocycles. The molecule has 0 aromatic heterocycles. The van der Waals surface area contributed by atoms with E-state index in [1.165, 1.54) is 0 Å². The molecule has 1 aliphatic carbocycles. The van der Waals surface area contributed by atoms with Crippen molar-refractivity contribution in [3.05, 3.63) is 17.2 Å². The van der Waals surface area contributed by atoms with Gasteiger partial charge in [0.1, 0.15) is 12.2 Å². The van der Waals surface area contributed by atoms with Crippen LogP contribution in [0.25, 0.3) is 0 Å². The van der Waals surface area contributed by atoms with Gasteiger partial charge in [0.25, 0.3) is 5.91 Å². The summed E-state index contributed by atoms with van der Waals surface area (Å²) in [6, 6.07) is 0.838. The second-order valence-corrected chi connectivity index (χ2v) is 6.28. The Morgan fingerprint density at radius 1 is 1.17 bits per heavy atom. The molecule has 8 nitrogen and oxygen atoms in total. The summed E-state index contributed by atoms with van der Waals surface area (Å²) in [4.78, 5) is 12.4. The summed E-state index contributed by atoms with van der Waals surface area (Å²) >= 11 is 0. The molecule has 0 saturated heterocycles. The number of hydrogen-bond donors (Lipinski definition) is 5. The standard InChI is InChI=1S/C15H17NO7/c1-4-7-5-2-6-14(23-3-22-6)11(18)8(5)15(21)16-9(7)12(19)13(20)10(4)17/h2,4,7,9-10,12-13,17-20H,3H2,1H3,(H,16,21)/t4-,7?,9?,10?,12+,13-/m1/s1. The summed E-state index contributed by atoms with van der Waals surface area (Å²) in [7, 11) is 0. The van der Waals surface area contributed by atoms with Crippen molar-refractivity contribution < 1.29 is 34.7 Å². The Hall–Kier alpha value is -2.03. The topological polar surface area (TPSA) is 128 Å². The molecule has 5 N–H and O–H groups in total. The van der Waals surface area contributed by atoms with Gasteiger partial charge in [-0.2, -0.15) is 0 Å². The fourth-order valence-corrected chi connectivity index (χ4v) is 3.90. The second-order valence-electron chi connectivity index (χ2n) is 6.28. The molecule has 3 aliphatic rings. The van der Waals surface area contributed by atoms with Crippen LogP contribution in [0.2, 0.25) is 0 Å². The highest BCUT2D eigenvalue weighted by Crippen LogP contribution is 2.51. The van der Waals surface area contributed by atoms with Gasteiger partial charge >= 0.3 is 0 Å². The van der Waals surface area contributed by atoms with E-state index in [4.69, 9.17) is 9.47 Å². The molecule has 0 spiro atoms.